The second kappa shape index (κ2) is 17.6. The second-order valence-electron chi connectivity index (χ2n) is 17.0. The highest BCUT2D eigenvalue weighted by atomic mass is 35.5. The molecule has 0 saturated heterocycles. The fourth-order valence-corrected chi connectivity index (χ4v) is 8.21. The summed E-state index contributed by atoms with van der Waals surface area (Å²) >= 11 is 7.28. The van der Waals surface area contributed by atoms with Crippen molar-refractivity contribution in [2.24, 2.45) is 16.4 Å². The number of Topliss-reactive ketones (excluding diaryl/α,β-unsaturated/α-hetero) is 1. The van der Waals surface area contributed by atoms with E-state index in [9.17, 15) is 20.6 Å². The van der Waals surface area contributed by atoms with Crippen LogP contribution in [0, 0.1) is 45.3 Å². The molecule has 1 aliphatic carbocycles. The first-order chi connectivity index (χ1) is 27.0. The molecule has 2 aliphatic heterocycles. The van der Waals surface area contributed by atoms with E-state index in [-0.39, 0.29) is 33.5 Å². The Balaban J connectivity index is 1.39. The molecule has 0 fully saturated rings. The molecule has 1 unspecified atom stereocenters. The first-order valence-corrected chi connectivity index (χ1v) is 19.8. The average molecular weight is 780 g/mol. The number of carbonyl (C=O) groups excluding carboxylic acids is 1. The number of allylic oxidation sites excluding steroid dienone is 9. The lowest BCUT2D eigenvalue weighted by Crippen LogP contribution is -2.27. The molecular weight excluding hydrogens is 730 g/mol. The lowest BCUT2D eigenvalue weighted by atomic mass is 9.70. The maximum absolute atomic E-state index is 12.8. The molecule has 0 radical (unpaired) electrons. The van der Waals surface area contributed by atoms with Crippen molar-refractivity contribution in [3.05, 3.63) is 139 Å². The zero-order valence-electron chi connectivity index (χ0n) is 34.0. The van der Waals surface area contributed by atoms with E-state index in [1.165, 1.54) is 16.9 Å². The van der Waals surface area contributed by atoms with Gasteiger partial charge in [-0.2, -0.15) is 15.8 Å². The topological polar surface area (TPSA) is 150 Å². The minimum atomic E-state index is -0.922. The number of para-hydroxylation sites is 1. The number of azide groups is 1. The van der Waals surface area contributed by atoms with E-state index in [0.717, 1.165) is 55.4 Å². The van der Waals surface area contributed by atoms with Gasteiger partial charge in [-0.3, -0.25) is 4.79 Å². The normalized spacial score (nSPS) is 19.9. The predicted octanol–water partition coefficient (Wildman–Crippen LogP) is 12.3. The molecule has 10 heteroatoms. The Morgan fingerprint density at radius 2 is 1.70 bits per heavy atom. The van der Waals surface area contributed by atoms with Gasteiger partial charge in [-0.05, 0) is 90.8 Å². The lowest BCUT2D eigenvalue weighted by Gasteiger charge is -2.36. The van der Waals surface area contributed by atoms with E-state index in [4.69, 9.17) is 21.9 Å². The SMILES string of the molecule is CC1(C)OC(=C(C#N)C#N)C(C#N)=C1/C=C/C1=C(Cl)C(=C/C=C2/N(CCCCCC(=O)Cc3ccc(N=[N+]=[N-])cc3)c3ccccc3C2(C)C)/CC(C(C)(C)C)C1. The number of nitrogens with zero attached hydrogens (tertiary/aromatic N) is 7. The summed E-state index contributed by atoms with van der Waals surface area (Å²) in [5.41, 5.74) is 15.1. The molecule has 1 atom stereocenters. The number of halogens is 1. The summed E-state index contributed by atoms with van der Waals surface area (Å²) in [7, 11) is 0. The molecule has 292 valence electrons. The number of ether oxygens (including phenoxy) is 1. The Kier molecular flexibility index (Phi) is 13.1. The van der Waals surface area contributed by atoms with Gasteiger partial charge in [0, 0.05) is 57.4 Å². The fourth-order valence-electron chi connectivity index (χ4n) is 7.93. The Hall–Kier alpha value is -5.78. The van der Waals surface area contributed by atoms with Gasteiger partial charge in [0.2, 0.25) is 0 Å². The predicted molar refractivity (Wildman–Crippen MR) is 226 cm³/mol. The summed E-state index contributed by atoms with van der Waals surface area (Å²) in [5.74, 6) is 0.508. The van der Waals surface area contributed by atoms with Crippen LogP contribution in [0.1, 0.15) is 98.1 Å². The largest absolute Gasteiger partial charge is 0.480 e. The molecule has 57 heavy (non-hydrogen) atoms. The van der Waals surface area contributed by atoms with Gasteiger partial charge >= 0.3 is 0 Å². The standard InChI is InChI=1S/C47H50ClN7O2/c1-45(2,3)35-26-32(18-22-39-38(30-51)44(34(28-49)29-50)57-47(39,6)7)43(48)33(27-35)19-23-42-46(4,5)40-14-10-11-15-41(40)55(42)24-12-8-9-13-37(56)25-31-16-20-36(21-17-31)53-54-52/h10-11,14-23,35H,8-9,12-13,24-27H2,1-7H3/b22-18+,33-19+,42-23+. The highest BCUT2D eigenvalue weighted by Crippen LogP contribution is 2.49. The maximum Gasteiger partial charge on any atom is 0.172 e. The number of rotatable bonds is 12. The van der Waals surface area contributed by atoms with Gasteiger partial charge in [0.1, 0.15) is 35.2 Å². The number of nitriles is 3. The molecule has 0 bridgehead atoms. The van der Waals surface area contributed by atoms with Gasteiger partial charge in [0.15, 0.2) is 11.3 Å². The van der Waals surface area contributed by atoms with Crippen LogP contribution in [-0.2, 0) is 21.4 Å². The van der Waals surface area contributed by atoms with E-state index < -0.39 is 5.60 Å². The van der Waals surface area contributed by atoms with E-state index in [1.54, 1.807) is 12.1 Å². The maximum atomic E-state index is 12.8. The van der Waals surface area contributed by atoms with Crippen LogP contribution in [0.3, 0.4) is 0 Å². The first-order valence-electron chi connectivity index (χ1n) is 19.5. The van der Waals surface area contributed by atoms with Gasteiger partial charge in [0.25, 0.3) is 0 Å². The monoisotopic (exact) mass is 779 g/mol. The number of ketones is 1. The van der Waals surface area contributed by atoms with Crippen LogP contribution in [0.2, 0.25) is 0 Å². The third-order valence-electron chi connectivity index (χ3n) is 11.3. The van der Waals surface area contributed by atoms with Crippen molar-refractivity contribution < 1.29 is 9.53 Å². The lowest BCUT2D eigenvalue weighted by molar-refractivity contribution is -0.118. The Labute approximate surface area is 342 Å². The number of fused-ring (bicyclic) bond motifs is 1. The summed E-state index contributed by atoms with van der Waals surface area (Å²) < 4.78 is 6.00. The van der Waals surface area contributed by atoms with Crippen LogP contribution in [0.15, 0.2) is 122 Å². The van der Waals surface area contributed by atoms with Crippen LogP contribution in [-0.4, -0.2) is 17.9 Å². The molecule has 2 aromatic rings. The number of unbranched alkanes of at least 4 members (excludes halogenated alkanes) is 2. The summed E-state index contributed by atoms with van der Waals surface area (Å²) in [5, 5.41) is 33.4. The van der Waals surface area contributed by atoms with Gasteiger partial charge in [-0.1, -0.05) is 118 Å². The minimum Gasteiger partial charge on any atom is -0.480 e. The molecule has 9 nitrogen and oxygen atoms in total. The smallest absolute Gasteiger partial charge is 0.172 e. The molecule has 2 aromatic carbocycles. The molecule has 3 aliphatic rings. The number of hydrogen-bond acceptors (Lipinski definition) is 7. The molecular formula is C47H50ClN7O2. The summed E-state index contributed by atoms with van der Waals surface area (Å²) in [6, 6.07) is 21.6. The highest BCUT2D eigenvalue weighted by molar-refractivity contribution is 6.32. The average Bonchev–Trinajstić information content (AvgIpc) is 3.55. The third kappa shape index (κ3) is 9.44. The number of anilines is 1. The van der Waals surface area contributed by atoms with Crippen LogP contribution < -0.4 is 4.90 Å². The Morgan fingerprint density at radius 1 is 1.00 bits per heavy atom. The zero-order valence-corrected chi connectivity index (χ0v) is 34.7. The molecule has 0 amide bonds. The van der Waals surface area contributed by atoms with Crippen LogP contribution in [0.4, 0.5) is 11.4 Å². The molecule has 0 saturated carbocycles. The molecule has 5 rings (SSSR count). The minimum absolute atomic E-state index is 0.00581. The van der Waals surface area contributed by atoms with E-state index in [0.29, 0.717) is 35.1 Å². The third-order valence-corrected chi connectivity index (χ3v) is 11.8. The number of hydrogen-bond donors (Lipinski definition) is 0. The molecule has 0 spiro atoms. The summed E-state index contributed by atoms with van der Waals surface area (Å²) in [6.07, 6.45) is 13.3. The number of carbonyl (C=O) groups is 1. The Morgan fingerprint density at radius 3 is 2.35 bits per heavy atom. The van der Waals surface area contributed by atoms with Crippen molar-refractivity contribution in [2.45, 2.75) is 104 Å². The van der Waals surface area contributed by atoms with Crippen LogP contribution >= 0.6 is 11.6 Å². The van der Waals surface area contributed by atoms with Gasteiger partial charge in [-0.15, -0.1) is 0 Å². The highest BCUT2D eigenvalue weighted by Gasteiger charge is 2.41. The van der Waals surface area contributed by atoms with Crippen molar-refractivity contribution >= 4 is 28.8 Å². The van der Waals surface area contributed by atoms with Gasteiger partial charge in [0.05, 0.1) is 0 Å². The van der Waals surface area contributed by atoms with Crippen molar-refractivity contribution in [3.8, 4) is 18.2 Å². The fraction of sp³-hybridized carbons (Fsp3) is 0.404. The summed E-state index contributed by atoms with van der Waals surface area (Å²) in [6.45, 7) is 15.7. The zero-order chi connectivity index (χ0) is 41.5. The van der Waals surface area contributed by atoms with Crippen molar-refractivity contribution in [2.75, 3.05) is 11.4 Å². The van der Waals surface area contributed by atoms with Gasteiger partial charge in [-0.25, -0.2) is 0 Å². The van der Waals surface area contributed by atoms with Gasteiger partial charge < -0.3 is 9.64 Å². The van der Waals surface area contributed by atoms with Crippen molar-refractivity contribution in [3.63, 3.8) is 0 Å². The molecule has 0 aromatic heterocycles. The van der Waals surface area contributed by atoms with E-state index in [1.807, 2.05) is 50.3 Å². The quantitative estimate of drug-likeness (QED) is 0.0688. The van der Waals surface area contributed by atoms with Crippen molar-refractivity contribution in [1.82, 2.24) is 0 Å². The van der Waals surface area contributed by atoms with Crippen LogP contribution in [0.25, 0.3) is 10.4 Å². The van der Waals surface area contributed by atoms with Crippen LogP contribution in [0.5, 0.6) is 0 Å². The molecule has 0 N–H and O–H groups in total. The summed E-state index contributed by atoms with van der Waals surface area (Å²) in [4.78, 5) is 18.0. The Bertz CT molecular complexity index is 2270. The van der Waals surface area contributed by atoms with Crippen molar-refractivity contribution in [1.29, 1.82) is 15.8 Å². The second-order valence-corrected chi connectivity index (χ2v) is 17.4. The first kappa shape index (κ1) is 42.4. The number of benzene rings is 2. The van der Waals surface area contributed by atoms with E-state index in [2.05, 4.69) is 92.0 Å². The molecule has 2 heterocycles. The van der Waals surface area contributed by atoms with E-state index >= 15 is 0 Å².